The second kappa shape index (κ2) is 8.58. The molecule has 0 bridgehead atoms. The number of morpholine rings is 1. The highest BCUT2D eigenvalue weighted by molar-refractivity contribution is 5.91. The van der Waals surface area contributed by atoms with E-state index in [2.05, 4.69) is 30.6 Å². The molecule has 2 aromatic heterocycles. The number of nitrogens with one attached hydrogen (secondary N) is 2. The number of nitrogens with zero attached hydrogens (tertiary/aromatic N) is 5. The highest BCUT2D eigenvalue weighted by atomic mass is 16.5. The van der Waals surface area contributed by atoms with Crippen LogP contribution >= 0.6 is 0 Å². The van der Waals surface area contributed by atoms with E-state index in [1.54, 1.807) is 0 Å². The number of rotatable bonds is 6. The summed E-state index contributed by atoms with van der Waals surface area (Å²) < 4.78 is 6.49. The summed E-state index contributed by atoms with van der Waals surface area (Å²) in [6.07, 6.45) is 0. The first kappa shape index (κ1) is 18.8. The minimum absolute atomic E-state index is 0.193. The van der Waals surface area contributed by atoms with E-state index in [0.717, 1.165) is 29.3 Å². The van der Waals surface area contributed by atoms with Gasteiger partial charge in [0.2, 0.25) is 5.95 Å². The molecule has 1 saturated heterocycles. The van der Waals surface area contributed by atoms with E-state index in [9.17, 15) is 9.59 Å². The molecule has 144 valence electrons. The topological polar surface area (TPSA) is 114 Å². The molecule has 10 nitrogen and oxygen atoms in total. The van der Waals surface area contributed by atoms with Gasteiger partial charge in [0.05, 0.1) is 13.2 Å². The van der Waals surface area contributed by atoms with Crippen molar-refractivity contribution in [1.29, 1.82) is 0 Å². The summed E-state index contributed by atoms with van der Waals surface area (Å²) in [6, 6.07) is 4.67. The number of carbonyl (C=O) groups is 1. The highest BCUT2D eigenvalue weighted by Crippen LogP contribution is 2.15. The molecule has 0 aliphatic carbocycles. The molecule has 27 heavy (non-hydrogen) atoms. The first-order valence-corrected chi connectivity index (χ1v) is 8.78. The maximum absolute atomic E-state index is 12.1. The second-order valence-corrected chi connectivity index (χ2v) is 6.15. The molecule has 0 saturated carbocycles. The smallest absolute Gasteiger partial charge is 0.271 e. The van der Waals surface area contributed by atoms with Crippen LogP contribution in [0.5, 0.6) is 0 Å². The Morgan fingerprint density at radius 3 is 2.74 bits per heavy atom. The van der Waals surface area contributed by atoms with Crippen LogP contribution in [0.4, 0.5) is 11.8 Å². The average molecular weight is 373 g/mol. The van der Waals surface area contributed by atoms with Gasteiger partial charge in [-0.3, -0.25) is 9.59 Å². The zero-order valence-corrected chi connectivity index (χ0v) is 15.4. The number of ether oxygens (including phenoxy) is 1. The van der Waals surface area contributed by atoms with Gasteiger partial charge in [-0.15, -0.1) is 0 Å². The van der Waals surface area contributed by atoms with Crippen molar-refractivity contribution in [2.45, 2.75) is 6.92 Å². The molecule has 10 heteroatoms. The molecule has 3 heterocycles. The molecular weight excluding hydrogens is 350 g/mol. The number of amides is 1. The summed E-state index contributed by atoms with van der Waals surface area (Å²) in [5.74, 6) is 1.05. The SMILES string of the molecule is Cc1cc(N2CCOCC2)nc(NCCNC(=O)c2ccc(=O)n(C)n2)n1. The Morgan fingerprint density at radius 2 is 2.00 bits per heavy atom. The number of aryl methyl sites for hydroxylation is 2. The highest BCUT2D eigenvalue weighted by Gasteiger charge is 2.14. The fourth-order valence-electron chi connectivity index (χ4n) is 2.65. The molecule has 2 aromatic rings. The third-order valence-electron chi connectivity index (χ3n) is 4.06. The molecule has 2 N–H and O–H groups in total. The molecule has 0 atom stereocenters. The maximum atomic E-state index is 12.1. The van der Waals surface area contributed by atoms with Gasteiger partial charge in [0.25, 0.3) is 11.5 Å². The molecule has 1 aliphatic heterocycles. The van der Waals surface area contributed by atoms with Crippen molar-refractivity contribution in [3.05, 3.63) is 39.9 Å². The van der Waals surface area contributed by atoms with Crippen LogP contribution in [0.3, 0.4) is 0 Å². The molecule has 1 aliphatic rings. The van der Waals surface area contributed by atoms with Crippen molar-refractivity contribution in [3.63, 3.8) is 0 Å². The van der Waals surface area contributed by atoms with Crippen molar-refractivity contribution in [2.24, 2.45) is 7.05 Å². The minimum atomic E-state index is -0.341. The number of aromatic nitrogens is 4. The predicted octanol–water partition coefficient (Wildman–Crippen LogP) is -0.443. The Labute approximate surface area is 156 Å². The Balaban J connectivity index is 1.52. The van der Waals surface area contributed by atoms with Crippen LogP contribution < -0.4 is 21.1 Å². The third kappa shape index (κ3) is 5.00. The van der Waals surface area contributed by atoms with Crippen LogP contribution in [0.25, 0.3) is 0 Å². The van der Waals surface area contributed by atoms with E-state index in [0.29, 0.717) is 32.3 Å². The first-order chi connectivity index (χ1) is 13.0. The molecule has 0 spiro atoms. The maximum Gasteiger partial charge on any atom is 0.271 e. The number of hydrogen-bond donors (Lipinski definition) is 2. The van der Waals surface area contributed by atoms with Crippen molar-refractivity contribution in [3.8, 4) is 0 Å². The quantitative estimate of drug-likeness (QED) is 0.655. The lowest BCUT2D eigenvalue weighted by atomic mass is 10.3. The van der Waals surface area contributed by atoms with E-state index < -0.39 is 0 Å². The number of carbonyl (C=O) groups excluding carboxylic acids is 1. The first-order valence-electron chi connectivity index (χ1n) is 8.78. The largest absolute Gasteiger partial charge is 0.378 e. The lowest BCUT2D eigenvalue weighted by Gasteiger charge is -2.28. The van der Waals surface area contributed by atoms with Crippen LogP contribution in [0.1, 0.15) is 16.2 Å². The van der Waals surface area contributed by atoms with E-state index >= 15 is 0 Å². The second-order valence-electron chi connectivity index (χ2n) is 6.15. The molecular formula is C17H23N7O3. The van der Waals surface area contributed by atoms with E-state index in [1.165, 1.54) is 19.2 Å². The summed E-state index contributed by atoms with van der Waals surface area (Å²) >= 11 is 0. The zero-order valence-electron chi connectivity index (χ0n) is 15.4. The lowest BCUT2D eigenvalue weighted by Crippen LogP contribution is -2.37. The molecule has 0 unspecified atom stereocenters. The van der Waals surface area contributed by atoms with Crippen LogP contribution in [0.15, 0.2) is 23.0 Å². The summed E-state index contributed by atoms with van der Waals surface area (Å²) in [6.45, 7) is 5.74. The normalized spacial score (nSPS) is 14.1. The average Bonchev–Trinajstić information content (AvgIpc) is 2.67. The van der Waals surface area contributed by atoms with Gasteiger partial charge >= 0.3 is 0 Å². The zero-order chi connectivity index (χ0) is 19.2. The molecule has 0 aromatic carbocycles. The Kier molecular flexibility index (Phi) is 5.97. The van der Waals surface area contributed by atoms with Crippen LogP contribution in [-0.2, 0) is 11.8 Å². The summed E-state index contributed by atoms with van der Waals surface area (Å²) in [7, 11) is 1.50. The summed E-state index contributed by atoms with van der Waals surface area (Å²) in [4.78, 5) is 34.5. The summed E-state index contributed by atoms with van der Waals surface area (Å²) in [5.41, 5.74) is 0.798. The Bertz CT molecular complexity index is 862. The molecule has 3 rings (SSSR count). The van der Waals surface area contributed by atoms with Crippen LogP contribution in [0, 0.1) is 6.92 Å². The van der Waals surface area contributed by atoms with Crippen molar-refractivity contribution in [1.82, 2.24) is 25.1 Å². The van der Waals surface area contributed by atoms with Gasteiger partial charge in [-0.2, -0.15) is 10.1 Å². The van der Waals surface area contributed by atoms with Crippen LogP contribution in [0.2, 0.25) is 0 Å². The third-order valence-corrected chi connectivity index (χ3v) is 4.06. The number of anilines is 2. The van der Waals surface area contributed by atoms with Gasteiger partial charge in [0.1, 0.15) is 11.5 Å². The summed E-state index contributed by atoms with van der Waals surface area (Å²) in [5, 5.41) is 9.78. The van der Waals surface area contributed by atoms with Gasteiger partial charge in [0.15, 0.2) is 0 Å². The molecule has 0 radical (unpaired) electrons. The van der Waals surface area contributed by atoms with Crippen molar-refractivity contribution in [2.75, 3.05) is 49.6 Å². The van der Waals surface area contributed by atoms with Crippen molar-refractivity contribution < 1.29 is 9.53 Å². The fourth-order valence-corrected chi connectivity index (χ4v) is 2.65. The van der Waals surface area contributed by atoms with Crippen molar-refractivity contribution >= 4 is 17.7 Å². The monoisotopic (exact) mass is 373 g/mol. The Hall–Kier alpha value is -3.01. The number of hydrogen-bond acceptors (Lipinski definition) is 8. The van der Waals surface area contributed by atoms with E-state index in [4.69, 9.17) is 4.74 Å². The predicted molar refractivity (Wildman–Crippen MR) is 100 cm³/mol. The standard InChI is InChI=1S/C17H23N7O3/c1-12-11-14(24-7-9-27-10-8-24)21-17(20-12)19-6-5-18-16(26)13-3-4-15(25)23(2)22-13/h3-4,11H,5-10H2,1-2H3,(H,18,26)(H,19,20,21). The minimum Gasteiger partial charge on any atom is -0.378 e. The molecule has 1 amide bonds. The van der Waals surface area contributed by atoms with Gasteiger partial charge in [-0.25, -0.2) is 9.67 Å². The van der Waals surface area contributed by atoms with E-state index in [-0.39, 0.29) is 17.2 Å². The van der Waals surface area contributed by atoms with E-state index in [1.807, 2.05) is 13.0 Å². The lowest BCUT2D eigenvalue weighted by molar-refractivity contribution is 0.0948. The fraction of sp³-hybridized carbons (Fsp3) is 0.471. The molecule has 1 fully saturated rings. The van der Waals surface area contributed by atoms with Gasteiger partial charge in [-0.1, -0.05) is 0 Å². The van der Waals surface area contributed by atoms with Crippen LogP contribution in [-0.4, -0.2) is 65.0 Å². The van der Waals surface area contributed by atoms with Gasteiger partial charge in [-0.05, 0) is 13.0 Å². The van der Waals surface area contributed by atoms with Gasteiger partial charge < -0.3 is 20.3 Å². The Morgan fingerprint density at radius 1 is 1.22 bits per heavy atom. The van der Waals surface area contributed by atoms with Gasteiger partial charge in [0, 0.05) is 51.1 Å².